The van der Waals surface area contributed by atoms with Crippen molar-refractivity contribution in [2.45, 2.75) is 0 Å². The fourth-order valence-electron chi connectivity index (χ4n) is 12.1. The van der Waals surface area contributed by atoms with Crippen LogP contribution < -0.4 is 29.2 Å². The molecule has 14 aromatic rings. The number of para-hydroxylation sites is 4. The maximum Gasteiger partial charge on any atom is 0.323 e. The van der Waals surface area contributed by atoms with Gasteiger partial charge in [-0.2, -0.15) is 29.9 Å². The van der Waals surface area contributed by atoms with Gasteiger partial charge in [-0.05, 0) is 45.0 Å². The molecule has 10 nitrogen and oxygen atoms in total. The Kier molecular flexibility index (Phi) is 10.6. The van der Waals surface area contributed by atoms with Gasteiger partial charge in [0.25, 0.3) is 0 Å². The highest BCUT2D eigenvalue weighted by Gasteiger charge is 2.77. The summed E-state index contributed by atoms with van der Waals surface area (Å²) in [6, 6.07) is 98.4. The zero-order valence-electron chi connectivity index (χ0n) is 42.0. The molecule has 5 heterocycles. The summed E-state index contributed by atoms with van der Waals surface area (Å²) < 4.78 is 9.76. The Morgan fingerprint density at radius 2 is 0.449 bits per heavy atom. The van der Waals surface area contributed by atoms with Gasteiger partial charge >= 0.3 is 16.8 Å². The van der Waals surface area contributed by atoms with E-state index in [0.29, 0.717) is 35.4 Å². The van der Waals surface area contributed by atoms with Crippen molar-refractivity contribution < 1.29 is 0 Å². The molecule has 0 saturated carbocycles. The van der Waals surface area contributed by atoms with Crippen LogP contribution in [0.3, 0.4) is 0 Å². The highest BCUT2D eigenvalue weighted by atomic mass is 28.5. The summed E-state index contributed by atoms with van der Waals surface area (Å²) >= 11 is 0. The summed E-state index contributed by atoms with van der Waals surface area (Å²) in [5, 5.41) is 8.87. The smallest absolute Gasteiger partial charge is 0.323 e. The van der Waals surface area contributed by atoms with Gasteiger partial charge < -0.3 is 8.46 Å². The summed E-state index contributed by atoms with van der Waals surface area (Å²) in [7, 11) is -7.62. The molecule has 1 aliphatic rings. The molecular formula is C66H46N10Si2. The van der Waals surface area contributed by atoms with E-state index >= 15 is 0 Å². The molecule has 0 radical (unpaired) electrons. The lowest BCUT2D eigenvalue weighted by atomic mass is 10.2. The molecule has 10 aromatic carbocycles. The second kappa shape index (κ2) is 18.3. The first-order valence-corrected chi connectivity index (χ1v) is 29.9. The van der Waals surface area contributed by atoms with Crippen LogP contribution >= 0.6 is 0 Å². The number of rotatable bonds is 10. The number of fused-ring (bicyclic) bond motifs is 6. The largest absolute Gasteiger partial charge is 0.346 e. The maximum absolute atomic E-state index is 5.89. The number of hydrogen-bond donors (Lipinski definition) is 0. The Hall–Kier alpha value is -10.1. The van der Waals surface area contributed by atoms with Crippen molar-refractivity contribution in [3.8, 4) is 34.7 Å². The van der Waals surface area contributed by atoms with E-state index < -0.39 is 16.8 Å². The van der Waals surface area contributed by atoms with Gasteiger partial charge in [0.05, 0.1) is 22.1 Å². The molecule has 0 aliphatic carbocycles. The van der Waals surface area contributed by atoms with E-state index in [2.05, 4.69) is 260 Å². The predicted molar refractivity (Wildman–Crippen MR) is 320 cm³/mol. The number of anilines is 2. The van der Waals surface area contributed by atoms with Crippen molar-refractivity contribution in [1.29, 1.82) is 0 Å². The van der Waals surface area contributed by atoms with E-state index in [1.54, 1.807) is 0 Å². The van der Waals surface area contributed by atoms with Gasteiger partial charge in [0.1, 0.15) is 0 Å². The summed E-state index contributed by atoms with van der Waals surface area (Å²) in [5.41, 5.74) is 5.75. The molecule has 1 aliphatic heterocycles. The molecule has 78 heavy (non-hydrogen) atoms. The van der Waals surface area contributed by atoms with Crippen LogP contribution in [0.1, 0.15) is 0 Å². The lowest BCUT2D eigenvalue weighted by Crippen LogP contribution is -3.08. The summed E-state index contributed by atoms with van der Waals surface area (Å²) in [6.07, 6.45) is 0. The molecule has 1 saturated heterocycles. The molecule has 0 bridgehead atoms. The van der Waals surface area contributed by atoms with Crippen molar-refractivity contribution in [1.82, 2.24) is 39.0 Å². The number of aromatic nitrogens is 8. The minimum Gasteiger partial charge on any atom is -0.346 e. The minimum atomic E-state index is -3.81. The fourth-order valence-corrected chi connectivity index (χ4v) is 26.8. The van der Waals surface area contributed by atoms with Gasteiger partial charge in [-0.15, -0.1) is 0 Å². The molecule has 0 amide bonds. The van der Waals surface area contributed by atoms with Gasteiger partial charge in [-0.1, -0.05) is 255 Å². The third kappa shape index (κ3) is 6.80. The van der Waals surface area contributed by atoms with Crippen LogP contribution in [-0.4, -0.2) is 55.8 Å². The molecule has 0 atom stereocenters. The minimum absolute atomic E-state index is 0.517. The van der Waals surface area contributed by atoms with E-state index in [-0.39, 0.29) is 0 Å². The van der Waals surface area contributed by atoms with Crippen LogP contribution in [-0.2, 0) is 0 Å². The Balaban J connectivity index is 1.12. The first-order valence-electron chi connectivity index (χ1n) is 26.1. The van der Waals surface area contributed by atoms with Crippen LogP contribution in [0.25, 0.3) is 78.3 Å². The third-order valence-corrected chi connectivity index (χ3v) is 27.1. The van der Waals surface area contributed by atoms with E-state index in [0.717, 1.165) is 75.5 Å². The van der Waals surface area contributed by atoms with Crippen LogP contribution in [0.2, 0.25) is 0 Å². The molecule has 1 fully saturated rings. The Morgan fingerprint density at radius 1 is 0.218 bits per heavy atom. The first kappa shape index (κ1) is 45.3. The van der Waals surface area contributed by atoms with E-state index in [9.17, 15) is 0 Å². The van der Waals surface area contributed by atoms with E-state index in [1.807, 2.05) is 36.4 Å². The van der Waals surface area contributed by atoms with Crippen molar-refractivity contribution in [3.05, 3.63) is 279 Å². The lowest BCUT2D eigenvalue weighted by Gasteiger charge is -2.70. The highest BCUT2D eigenvalue weighted by Crippen LogP contribution is 2.45. The maximum atomic E-state index is 5.89. The van der Waals surface area contributed by atoms with Crippen molar-refractivity contribution in [3.63, 3.8) is 0 Å². The molecule has 12 heteroatoms. The number of hydrogen-bond acceptors (Lipinski definition) is 8. The molecule has 0 N–H and O–H groups in total. The monoisotopic (exact) mass is 1030 g/mol. The Labute approximate surface area is 451 Å². The normalized spacial score (nSPS) is 13.8. The van der Waals surface area contributed by atoms with E-state index in [1.165, 1.54) is 0 Å². The average molecular weight is 1040 g/mol. The second-order valence-electron chi connectivity index (χ2n) is 19.5. The van der Waals surface area contributed by atoms with Crippen molar-refractivity contribution >= 4 is 93.0 Å². The molecule has 15 rings (SSSR count). The second-order valence-corrected chi connectivity index (χ2v) is 27.2. The number of nitrogens with zero attached hydrogens (tertiary/aromatic N) is 10. The van der Waals surface area contributed by atoms with Gasteiger partial charge in [0.15, 0.2) is 11.6 Å². The van der Waals surface area contributed by atoms with Gasteiger partial charge in [0.2, 0.25) is 23.8 Å². The molecular weight excluding hydrogens is 989 g/mol. The zero-order chi connectivity index (χ0) is 51.6. The Morgan fingerprint density at radius 3 is 0.731 bits per heavy atom. The molecule has 4 aromatic heterocycles. The SMILES string of the molecule is c1ccc(-c2nc(N3[Si](c4ccccc4)(c4ccccc4)N(c4nc(-c5ccccc5)nc(-n5c6ccccc6c6ccccc65)n4)[Si]3(c3ccccc3)c3ccccc3)nc(-n3c4ccccc4c4ccccc43)n2)cc1. The summed E-state index contributed by atoms with van der Waals surface area (Å²) in [4.78, 5) is 34.3. The van der Waals surface area contributed by atoms with Crippen molar-refractivity contribution in [2.75, 3.05) is 8.46 Å². The van der Waals surface area contributed by atoms with Gasteiger partial charge in [-0.25, -0.2) is 0 Å². The van der Waals surface area contributed by atoms with Crippen LogP contribution in [0.4, 0.5) is 11.9 Å². The van der Waals surface area contributed by atoms with Crippen LogP contribution in [0.5, 0.6) is 0 Å². The average Bonchev–Trinajstić information content (AvgIpc) is 3.21. The quantitative estimate of drug-likeness (QED) is 0.125. The van der Waals surface area contributed by atoms with E-state index in [4.69, 9.17) is 29.9 Å². The first-order chi connectivity index (χ1) is 38.7. The van der Waals surface area contributed by atoms with Crippen LogP contribution in [0, 0.1) is 0 Å². The topological polar surface area (TPSA) is 93.7 Å². The van der Waals surface area contributed by atoms with Gasteiger partial charge in [0, 0.05) is 32.7 Å². The lowest BCUT2D eigenvalue weighted by molar-refractivity contribution is 0.918. The zero-order valence-corrected chi connectivity index (χ0v) is 44.0. The third-order valence-electron chi connectivity index (χ3n) is 15.2. The predicted octanol–water partition coefficient (Wildman–Crippen LogP) is 11.4. The molecule has 0 spiro atoms. The fraction of sp³-hybridized carbons (Fsp3) is 0. The summed E-state index contributed by atoms with van der Waals surface area (Å²) in [6.45, 7) is 0. The van der Waals surface area contributed by atoms with Gasteiger partial charge in [-0.3, -0.25) is 9.13 Å². The molecule has 0 unspecified atom stereocenters. The Bertz CT molecular complexity index is 4040. The summed E-state index contributed by atoms with van der Waals surface area (Å²) in [5.74, 6) is 3.26. The molecule has 368 valence electrons. The standard InChI is InChI=1S/C66H46N10Si2/c1-7-27-47(28-8-1)61-67-63(73-57-43-23-19-39-53(57)54-40-20-24-44-58(54)73)71-65(69-61)75-77(49-31-11-3-12-32-49,50-33-13-4-14-34-50)76(78(75,51-35-15-5-16-36-51)52-37-17-6-18-38-52)66-70-62(48-29-9-2-10-30-48)68-64(72-66)74-59-45-25-21-41-55(59)56-42-22-26-46-60(56)74/h1-46H. The van der Waals surface area contributed by atoms with Crippen molar-refractivity contribution in [2.24, 2.45) is 0 Å². The highest BCUT2D eigenvalue weighted by molar-refractivity contribution is 7.38. The number of benzene rings is 10. The van der Waals surface area contributed by atoms with Crippen LogP contribution in [0.15, 0.2) is 279 Å².